The molecule has 0 fully saturated rings. The van der Waals surface area contributed by atoms with Crippen molar-refractivity contribution in [3.8, 4) is 0 Å². The third kappa shape index (κ3) is 1.85. The molecule has 0 bridgehead atoms. The first-order valence-electron chi connectivity index (χ1n) is 6.22. The van der Waals surface area contributed by atoms with Crippen LogP contribution in [0.5, 0.6) is 0 Å². The lowest BCUT2D eigenvalue weighted by molar-refractivity contribution is 0.474. The highest BCUT2D eigenvalue weighted by molar-refractivity contribution is 5.33. The molecule has 0 amide bonds. The maximum Gasteiger partial charge on any atom is 0.221 e. The molecule has 1 aromatic heterocycles. The van der Waals surface area contributed by atoms with Gasteiger partial charge in [-0.25, -0.2) is 9.07 Å². The summed E-state index contributed by atoms with van der Waals surface area (Å²) in [6, 6.07) is 6.79. The van der Waals surface area contributed by atoms with Crippen molar-refractivity contribution in [2.75, 3.05) is 11.9 Å². The standard InChI is InChI=1S/C13H15FN4/c1-2-12-16-13-15-7-6-11(18(13)17-12)9-4-3-5-10(14)8-9/h3-5,8,11H,2,6-7H2,1H3,(H,15,16,17). The molecule has 94 valence electrons. The molecule has 3 rings (SSSR count). The minimum absolute atomic E-state index is 0.0738. The second-order valence-electron chi connectivity index (χ2n) is 4.44. The normalized spacial score (nSPS) is 18.2. The molecule has 1 N–H and O–H groups in total. The maximum absolute atomic E-state index is 13.3. The fourth-order valence-corrected chi connectivity index (χ4v) is 2.32. The van der Waals surface area contributed by atoms with Gasteiger partial charge in [0.1, 0.15) is 5.82 Å². The van der Waals surface area contributed by atoms with Gasteiger partial charge in [-0.05, 0) is 24.1 Å². The molecule has 0 saturated carbocycles. The summed E-state index contributed by atoms with van der Waals surface area (Å²) in [5.41, 5.74) is 0.949. The van der Waals surface area contributed by atoms with E-state index in [0.29, 0.717) is 0 Å². The highest BCUT2D eigenvalue weighted by atomic mass is 19.1. The van der Waals surface area contributed by atoms with Crippen molar-refractivity contribution in [2.24, 2.45) is 0 Å². The highest BCUT2D eigenvalue weighted by Gasteiger charge is 2.24. The monoisotopic (exact) mass is 246 g/mol. The molecule has 2 heterocycles. The number of aryl methyl sites for hydroxylation is 1. The molecular weight excluding hydrogens is 231 g/mol. The zero-order valence-electron chi connectivity index (χ0n) is 10.2. The lowest BCUT2D eigenvalue weighted by atomic mass is 10.0. The SMILES string of the molecule is CCc1nc2n(n1)C(c1cccc(F)c1)CCN2. The summed E-state index contributed by atoms with van der Waals surface area (Å²) in [6.45, 7) is 2.86. The van der Waals surface area contributed by atoms with Crippen molar-refractivity contribution in [1.29, 1.82) is 0 Å². The van der Waals surface area contributed by atoms with Gasteiger partial charge >= 0.3 is 0 Å². The highest BCUT2D eigenvalue weighted by Crippen LogP contribution is 2.28. The van der Waals surface area contributed by atoms with Crippen molar-refractivity contribution in [2.45, 2.75) is 25.8 Å². The Morgan fingerprint density at radius 3 is 3.17 bits per heavy atom. The fourth-order valence-electron chi connectivity index (χ4n) is 2.32. The molecule has 0 aliphatic carbocycles. The van der Waals surface area contributed by atoms with Crippen molar-refractivity contribution < 1.29 is 4.39 Å². The maximum atomic E-state index is 13.3. The number of hydrogen-bond acceptors (Lipinski definition) is 3. The number of fused-ring (bicyclic) bond motifs is 1. The van der Waals surface area contributed by atoms with E-state index in [9.17, 15) is 4.39 Å². The van der Waals surface area contributed by atoms with Crippen molar-refractivity contribution >= 4 is 5.95 Å². The van der Waals surface area contributed by atoms with Crippen LogP contribution in [0, 0.1) is 5.82 Å². The molecule has 0 saturated heterocycles. The van der Waals surface area contributed by atoms with Gasteiger partial charge in [-0.2, -0.15) is 10.1 Å². The average Bonchev–Trinajstić information content (AvgIpc) is 2.81. The van der Waals surface area contributed by atoms with E-state index < -0.39 is 0 Å². The summed E-state index contributed by atoms with van der Waals surface area (Å²) < 4.78 is 15.2. The third-order valence-corrected chi connectivity index (χ3v) is 3.22. The number of halogens is 1. The number of nitrogens with one attached hydrogen (secondary N) is 1. The Kier molecular flexibility index (Phi) is 2.74. The Bertz CT molecular complexity index is 564. The van der Waals surface area contributed by atoms with E-state index in [0.717, 1.165) is 36.7 Å². The molecule has 4 nitrogen and oxygen atoms in total. The van der Waals surface area contributed by atoms with Crippen LogP contribution in [0.1, 0.15) is 30.8 Å². The smallest absolute Gasteiger partial charge is 0.221 e. The average molecular weight is 246 g/mol. The van der Waals surface area contributed by atoms with Crippen LogP contribution in [-0.4, -0.2) is 21.3 Å². The first-order chi connectivity index (χ1) is 8.78. The predicted molar refractivity (Wildman–Crippen MR) is 67.0 cm³/mol. The summed E-state index contributed by atoms with van der Waals surface area (Å²) in [4.78, 5) is 4.41. The predicted octanol–water partition coefficient (Wildman–Crippen LogP) is 2.38. The van der Waals surface area contributed by atoms with Crippen LogP contribution in [0.15, 0.2) is 24.3 Å². The van der Waals surface area contributed by atoms with Crippen LogP contribution >= 0.6 is 0 Å². The molecule has 1 atom stereocenters. The van der Waals surface area contributed by atoms with E-state index in [4.69, 9.17) is 0 Å². The van der Waals surface area contributed by atoms with E-state index >= 15 is 0 Å². The van der Waals surface area contributed by atoms with Gasteiger partial charge in [-0.3, -0.25) is 0 Å². The molecule has 1 unspecified atom stereocenters. The molecule has 5 heteroatoms. The molecular formula is C13H15FN4. The van der Waals surface area contributed by atoms with E-state index in [1.165, 1.54) is 6.07 Å². The summed E-state index contributed by atoms with van der Waals surface area (Å²) in [5.74, 6) is 1.40. The van der Waals surface area contributed by atoms with Crippen LogP contribution in [0.3, 0.4) is 0 Å². The quantitative estimate of drug-likeness (QED) is 0.884. The fraction of sp³-hybridized carbons (Fsp3) is 0.385. The zero-order valence-corrected chi connectivity index (χ0v) is 10.2. The van der Waals surface area contributed by atoms with Crippen LogP contribution < -0.4 is 5.32 Å². The largest absolute Gasteiger partial charge is 0.354 e. The van der Waals surface area contributed by atoms with Crippen molar-refractivity contribution in [1.82, 2.24) is 14.8 Å². The van der Waals surface area contributed by atoms with Crippen LogP contribution in [0.25, 0.3) is 0 Å². The topological polar surface area (TPSA) is 42.7 Å². The lowest BCUT2D eigenvalue weighted by Gasteiger charge is -2.24. The Labute approximate surface area is 105 Å². The third-order valence-electron chi connectivity index (χ3n) is 3.22. The number of benzene rings is 1. The minimum Gasteiger partial charge on any atom is -0.354 e. The first-order valence-corrected chi connectivity index (χ1v) is 6.22. The van der Waals surface area contributed by atoms with Crippen LogP contribution in [-0.2, 0) is 6.42 Å². The first kappa shape index (κ1) is 11.2. The van der Waals surface area contributed by atoms with Crippen molar-refractivity contribution in [3.05, 3.63) is 41.5 Å². The van der Waals surface area contributed by atoms with Crippen molar-refractivity contribution in [3.63, 3.8) is 0 Å². The summed E-state index contributed by atoms with van der Waals surface area (Å²) >= 11 is 0. The Morgan fingerprint density at radius 2 is 2.39 bits per heavy atom. The van der Waals surface area contributed by atoms with Gasteiger partial charge in [0.15, 0.2) is 5.82 Å². The molecule has 1 aromatic carbocycles. The van der Waals surface area contributed by atoms with E-state index in [-0.39, 0.29) is 11.9 Å². The van der Waals surface area contributed by atoms with Crippen LogP contribution in [0.4, 0.5) is 10.3 Å². The second kappa shape index (κ2) is 4.40. The van der Waals surface area contributed by atoms with Crippen LogP contribution in [0.2, 0.25) is 0 Å². The summed E-state index contributed by atoms with van der Waals surface area (Å²) in [6.07, 6.45) is 1.69. The van der Waals surface area contributed by atoms with Gasteiger partial charge in [-0.15, -0.1) is 0 Å². The molecule has 0 radical (unpaired) electrons. The Hall–Kier alpha value is -1.91. The van der Waals surface area contributed by atoms with E-state index in [1.54, 1.807) is 12.1 Å². The number of hydrogen-bond donors (Lipinski definition) is 1. The number of aromatic nitrogens is 3. The second-order valence-corrected chi connectivity index (χ2v) is 4.44. The summed E-state index contributed by atoms with van der Waals surface area (Å²) in [5, 5.41) is 7.70. The number of anilines is 1. The van der Waals surface area contributed by atoms with Gasteiger partial charge in [0.2, 0.25) is 5.95 Å². The molecule has 2 aromatic rings. The Balaban J connectivity index is 2.02. The zero-order chi connectivity index (χ0) is 12.5. The number of rotatable bonds is 2. The van der Waals surface area contributed by atoms with Gasteiger partial charge in [0.05, 0.1) is 6.04 Å². The van der Waals surface area contributed by atoms with Gasteiger partial charge < -0.3 is 5.32 Å². The van der Waals surface area contributed by atoms with E-state index in [2.05, 4.69) is 15.4 Å². The molecule has 18 heavy (non-hydrogen) atoms. The molecule has 0 spiro atoms. The minimum atomic E-state index is -0.205. The van der Waals surface area contributed by atoms with Gasteiger partial charge in [-0.1, -0.05) is 19.1 Å². The lowest BCUT2D eigenvalue weighted by Crippen LogP contribution is -2.24. The van der Waals surface area contributed by atoms with Gasteiger partial charge in [0, 0.05) is 13.0 Å². The molecule has 1 aliphatic heterocycles. The van der Waals surface area contributed by atoms with Gasteiger partial charge in [0.25, 0.3) is 0 Å². The molecule has 1 aliphatic rings. The Morgan fingerprint density at radius 1 is 1.50 bits per heavy atom. The van der Waals surface area contributed by atoms with E-state index in [1.807, 2.05) is 17.7 Å². The summed E-state index contributed by atoms with van der Waals surface area (Å²) in [7, 11) is 0. The number of nitrogens with zero attached hydrogens (tertiary/aromatic N) is 3.